The van der Waals surface area contributed by atoms with Crippen molar-refractivity contribution < 1.29 is 24.0 Å². The van der Waals surface area contributed by atoms with E-state index in [-0.39, 0.29) is 22.5 Å². The van der Waals surface area contributed by atoms with Gasteiger partial charge in [-0.2, -0.15) is 0 Å². The van der Waals surface area contributed by atoms with Crippen LogP contribution in [-0.2, 0) is 9.53 Å². The van der Waals surface area contributed by atoms with Gasteiger partial charge in [-0.15, -0.1) is 0 Å². The summed E-state index contributed by atoms with van der Waals surface area (Å²) in [6, 6.07) is 3.23. The van der Waals surface area contributed by atoms with Crippen LogP contribution in [0.15, 0.2) is 35.5 Å². The largest absolute Gasteiger partial charge is 0.459 e. The first kappa shape index (κ1) is 22.3. The SMILES string of the molecule is CC1=C(C(=O)OC(C)C)C(c2cccc([N+](=O)[O-])c2)N(C(=O)N2CCCCC2)C(=O)N1. The number of benzene rings is 1. The summed E-state index contributed by atoms with van der Waals surface area (Å²) in [6.07, 6.45) is 2.21. The molecule has 1 fully saturated rings. The smallest absolute Gasteiger partial charge is 0.338 e. The molecule has 4 amide bonds. The lowest BCUT2D eigenvalue weighted by atomic mass is 9.93. The normalized spacial score (nSPS) is 19.4. The van der Waals surface area contributed by atoms with Crippen molar-refractivity contribution >= 4 is 23.7 Å². The number of piperidine rings is 1. The molecule has 1 aromatic carbocycles. The molecule has 10 nitrogen and oxygen atoms in total. The molecule has 0 radical (unpaired) electrons. The van der Waals surface area contributed by atoms with Crippen molar-refractivity contribution in [2.24, 2.45) is 0 Å². The zero-order chi connectivity index (χ0) is 22.7. The van der Waals surface area contributed by atoms with Gasteiger partial charge < -0.3 is 15.0 Å². The fraction of sp³-hybridized carbons (Fsp3) is 0.476. The number of hydrogen-bond donors (Lipinski definition) is 1. The first-order valence-electron chi connectivity index (χ1n) is 10.3. The summed E-state index contributed by atoms with van der Waals surface area (Å²) in [4.78, 5) is 52.5. The van der Waals surface area contributed by atoms with Crippen LogP contribution in [0.5, 0.6) is 0 Å². The van der Waals surface area contributed by atoms with Crippen molar-refractivity contribution in [1.29, 1.82) is 0 Å². The average molecular weight is 430 g/mol. The molecule has 2 aliphatic heterocycles. The number of imide groups is 1. The molecule has 1 unspecified atom stereocenters. The minimum absolute atomic E-state index is 0.0687. The number of rotatable bonds is 4. The third-order valence-electron chi connectivity index (χ3n) is 5.24. The van der Waals surface area contributed by atoms with Crippen molar-refractivity contribution in [2.45, 2.75) is 52.2 Å². The van der Waals surface area contributed by atoms with Crippen LogP contribution in [0.2, 0.25) is 0 Å². The Kier molecular flexibility index (Phi) is 6.57. The Hall–Kier alpha value is -3.43. The van der Waals surface area contributed by atoms with E-state index in [9.17, 15) is 24.5 Å². The van der Waals surface area contributed by atoms with Crippen LogP contribution in [0.3, 0.4) is 0 Å². The van der Waals surface area contributed by atoms with Crippen molar-refractivity contribution in [3.05, 3.63) is 51.2 Å². The molecule has 0 aliphatic carbocycles. The maximum absolute atomic E-state index is 13.3. The van der Waals surface area contributed by atoms with E-state index in [2.05, 4.69) is 5.32 Å². The van der Waals surface area contributed by atoms with Crippen molar-refractivity contribution in [1.82, 2.24) is 15.1 Å². The fourth-order valence-corrected chi connectivity index (χ4v) is 3.84. The van der Waals surface area contributed by atoms with E-state index in [1.807, 2.05) is 0 Å². The number of allylic oxidation sites excluding steroid dienone is 1. The molecule has 31 heavy (non-hydrogen) atoms. The second kappa shape index (κ2) is 9.15. The summed E-state index contributed by atoms with van der Waals surface area (Å²) in [6.45, 7) is 5.92. The van der Waals surface area contributed by atoms with Crippen molar-refractivity contribution in [3.63, 3.8) is 0 Å². The lowest BCUT2D eigenvalue weighted by Gasteiger charge is -2.39. The number of esters is 1. The minimum atomic E-state index is -1.14. The van der Waals surface area contributed by atoms with Gasteiger partial charge >= 0.3 is 18.0 Å². The van der Waals surface area contributed by atoms with Gasteiger partial charge in [0.25, 0.3) is 5.69 Å². The molecule has 2 heterocycles. The van der Waals surface area contributed by atoms with E-state index in [1.54, 1.807) is 31.7 Å². The van der Waals surface area contributed by atoms with E-state index in [4.69, 9.17) is 4.74 Å². The first-order chi connectivity index (χ1) is 14.7. The maximum atomic E-state index is 13.3. The van der Waals surface area contributed by atoms with E-state index >= 15 is 0 Å². The molecule has 1 aromatic rings. The summed E-state index contributed by atoms with van der Waals surface area (Å²) in [7, 11) is 0. The third kappa shape index (κ3) is 4.68. The first-order valence-corrected chi connectivity index (χ1v) is 10.3. The fourth-order valence-electron chi connectivity index (χ4n) is 3.84. The number of likely N-dealkylation sites (tertiary alicyclic amines) is 1. The highest BCUT2D eigenvalue weighted by atomic mass is 16.6. The minimum Gasteiger partial charge on any atom is -0.459 e. The van der Waals surface area contributed by atoms with Crippen LogP contribution in [0, 0.1) is 10.1 Å². The van der Waals surface area contributed by atoms with Crippen LogP contribution < -0.4 is 5.32 Å². The van der Waals surface area contributed by atoms with Crippen molar-refractivity contribution in [3.8, 4) is 0 Å². The Morgan fingerprint density at radius 3 is 2.52 bits per heavy atom. The number of nitrogens with one attached hydrogen (secondary N) is 1. The standard InChI is InChI=1S/C21H26N4O6/c1-13(2)31-19(26)17-14(3)22-20(27)24(21(28)23-10-5-4-6-11-23)18(17)15-8-7-9-16(12-15)25(29)30/h7-9,12-13,18H,4-6,10-11H2,1-3H3,(H,22,27). The Bertz CT molecular complexity index is 936. The molecular formula is C21H26N4O6. The number of nitrogens with zero attached hydrogens (tertiary/aromatic N) is 3. The Balaban J connectivity index is 2.13. The number of non-ortho nitro benzene ring substituents is 1. The van der Waals surface area contributed by atoms with Gasteiger partial charge in [0.2, 0.25) is 0 Å². The predicted molar refractivity (Wildman–Crippen MR) is 111 cm³/mol. The number of urea groups is 2. The van der Waals surface area contributed by atoms with E-state index in [1.165, 1.54) is 18.2 Å². The van der Waals surface area contributed by atoms with E-state index in [0.29, 0.717) is 13.1 Å². The molecule has 10 heteroatoms. The van der Waals surface area contributed by atoms with Gasteiger partial charge in [0.05, 0.1) is 16.6 Å². The average Bonchev–Trinajstić information content (AvgIpc) is 2.72. The molecule has 166 valence electrons. The maximum Gasteiger partial charge on any atom is 0.338 e. The molecule has 3 rings (SSSR count). The van der Waals surface area contributed by atoms with Gasteiger partial charge in [-0.1, -0.05) is 12.1 Å². The molecule has 0 aromatic heterocycles. The number of amides is 4. The van der Waals surface area contributed by atoms with Crippen LogP contribution in [-0.4, -0.2) is 51.9 Å². The van der Waals surface area contributed by atoms with Gasteiger partial charge in [-0.25, -0.2) is 19.3 Å². The highest BCUT2D eigenvalue weighted by Crippen LogP contribution is 2.36. The van der Waals surface area contributed by atoms with Crippen LogP contribution in [0.1, 0.15) is 51.6 Å². The number of carbonyl (C=O) groups is 3. The molecule has 1 saturated heterocycles. The van der Waals surface area contributed by atoms with Crippen LogP contribution in [0.4, 0.5) is 15.3 Å². The lowest BCUT2D eigenvalue weighted by molar-refractivity contribution is -0.384. The lowest BCUT2D eigenvalue weighted by Crippen LogP contribution is -2.56. The van der Waals surface area contributed by atoms with Crippen LogP contribution in [0.25, 0.3) is 0 Å². The van der Waals surface area contributed by atoms with E-state index < -0.39 is 35.1 Å². The zero-order valence-corrected chi connectivity index (χ0v) is 17.8. The monoisotopic (exact) mass is 430 g/mol. The quantitative estimate of drug-likeness (QED) is 0.443. The van der Waals surface area contributed by atoms with Gasteiger partial charge in [0.15, 0.2) is 0 Å². The predicted octanol–water partition coefficient (Wildman–Crippen LogP) is 3.49. The van der Waals surface area contributed by atoms with Gasteiger partial charge in [0.1, 0.15) is 6.04 Å². The molecule has 1 atom stereocenters. The molecule has 2 aliphatic rings. The number of carbonyl (C=O) groups excluding carboxylic acids is 3. The van der Waals surface area contributed by atoms with Gasteiger partial charge in [-0.3, -0.25) is 10.1 Å². The molecule has 1 N–H and O–H groups in total. The highest BCUT2D eigenvalue weighted by molar-refractivity contribution is 6.01. The van der Waals surface area contributed by atoms with E-state index in [0.717, 1.165) is 24.2 Å². The number of nitro groups is 1. The topological polar surface area (TPSA) is 122 Å². The summed E-state index contributed by atoms with van der Waals surface area (Å²) in [5, 5.41) is 13.9. The van der Waals surface area contributed by atoms with Gasteiger partial charge in [0, 0.05) is 30.9 Å². The summed E-state index contributed by atoms with van der Waals surface area (Å²) in [5.74, 6) is -0.694. The number of ether oxygens (including phenoxy) is 1. The van der Waals surface area contributed by atoms with Gasteiger partial charge in [-0.05, 0) is 45.6 Å². The molecular weight excluding hydrogens is 404 g/mol. The number of nitro benzene ring substituents is 1. The summed E-state index contributed by atoms with van der Waals surface area (Å²) >= 11 is 0. The Labute approximate surface area is 180 Å². The molecule has 0 saturated carbocycles. The Morgan fingerprint density at radius 1 is 1.23 bits per heavy atom. The second-order valence-corrected chi connectivity index (χ2v) is 7.88. The Morgan fingerprint density at radius 2 is 1.90 bits per heavy atom. The molecule has 0 bridgehead atoms. The number of hydrogen-bond acceptors (Lipinski definition) is 6. The molecule has 0 spiro atoms. The highest BCUT2D eigenvalue weighted by Gasteiger charge is 2.44. The summed E-state index contributed by atoms with van der Waals surface area (Å²) < 4.78 is 5.36. The van der Waals surface area contributed by atoms with Crippen LogP contribution >= 0.6 is 0 Å². The zero-order valence-electron chi connectivity index (χ0n) is 17.8. The second-order valence-electron chi connectivity index (χ2n) is 7.88. The summed E-state index contributed by atoms with van der Waals surface area (Å²) in [5.41, 5.74) is 0.390. The van der Waals surface area contributed by atoms with Crippen molar-refractivity contribution in [2.75, 3.05) is 13.1 Å². The third-order valence-corrected chi connectivity index (χ3v) is 5.24.